The van der Waals surface area contributed by atoms with Crippen molar-refractivity contribution in [3.8, 4) is 22.3 Å². The zero-order chi connectivity index (χ0) is 37.2. The SMILES string of the molecule is c1ccc2c(c1)-c1ccccc1C21c2ccccc2-c2cc(N(c3ccc4c5ccccc5c5ccccc5c4c3)c3cccc4c3oc3ccccc34)ccc21. The van der Waals surface area contributed by atoms with Crippen LogP contribution in [0.25, 0.3) is 76.5 Å². The zero-order valence-corrected chi connectivity index (χ0v) is 30.9. The highest BCUT2D eigenvalue weighted by Gasteiger charge is 2.51. The molecule has 10 aromatic carbocycles. The minimum Gasteiger partial charge on any atom is -0.454 e. The summed E-state index contributed by atoms with van der Waals surface area (Å²) >= 11 is 0. The first-order chi connectivity index (χ1) is 28.3. The molecule has 2 heteroatoms. The van der Waals surface area contributed by atoms with Crippen molar-refractivity contribution >= 4 is 71.3 Å². The number of anilines is 3. The van der Waals surface area contributed by atoms with E-state index in [1.54, 1.807) is 0 Å². The van der Waals surface area contributed by atoms with Crippen LogP contribution in [0.2, 0.25) is 0 Å². The smallest absolute Gasteiger partial charge is 0.159 e. The van der Waals surface area contributed by atoms with Gasteiger partial charge in [-0.25, -0.2) is 0 Å². The molecular weight excluding hydrogens is 691 g/mol. The van der Waals surface area contributed by atoms with E-state index in [1.165, 1.54) is 76.8 Å². The molecule has 2 nitrogen and oxygen atoms in total. The second-order valence-corrected chi connectivity index (χ2v) is 15.5. The molecule has 0 amide bonds. The van der Waals surface area contributed by atoms with Gasteiger partial charge in [0.2, 0.25) is 0 Å². The molecule has 0 unspecified atom stereocenters. The van der Waals surface area contributed by atoms with E-state index in [9.17, 15) is 0 Å². The van der Waals surface area contributed by atoms with Crippen molar-refractivity contribution in [2.45, 2.75) is 5.41 Å². The third-order valence-electron chi connectivity index (χ3n) is 12.8. The highest BCUT2D eigenvalue weighted by atomic mass is 16.3. The molecule has 13 rings (SSSR count). The third-order valence-corrected chi connectivity index (χ3v) is 12.8. The molecule has 11 aromatic rings. The molecule has 1 spiro atoms. The van der Waals surface area contributed by atoms with Crippen molar-refractivity contribution in [1.82, 2.24) is 0 Å². The van der Waals surface area contributed by atoms with Crippen LogP contribution in [0.5, 0.6) is 0 Å². The van der Waals surface area contributed by atoms with E-state index in [2.05, 4.69) is 199 Å². The lowest BCUT2D eigenvalue weighted by atomic mass is 9.70. The average Bonchev–Trinajstić information content (AvgIpc) is 3.91. The number of fused-ring (bicyclic) bond motifs is 19. The largest absolute Gasteiger partial charge is 0.454 e. The lowest BCUT2D eigenvalue weighted by molar-refractivity contribution is 0.669. The van der Waals surface area contributed by atoms with Gasteiger partial charge >= 0.3 is 0 Å². The van der Waals surface area contributed by atoms with Gasteiger partial charge in [0, 0.05) is 22.1 Å². The fourth-order valence-electron chi connectivity index (χ4n) is 10.6. The second kappa shape index (κ2) is 11.3. The van der Waals surface area contributed by atoms with Gasteiger partial charge in [0.1, 0.15) is 5.58 Å². The summed E-state index contributed by atoms with van der Waals surface area (Å²) in [4.78, 5) is 2.42. The van der Waals surface area contributed by atoms with E-state index in [1.807, 2.05) is 6.07 Å². The maximum absolute atomic E-state index is 6.78. The van der Waals surface area contributed by atoms with Crippen molar-refractivity contribution in [3.63, 3.8) is 0 Å². The molecule has 0 aliphatic heterocycles. The van der Waals surface area contributed by atoms with Gasteiger partial charge in [0.25, 0.3) is 0 Å². The van der Waals surface area contributed by atoms with Gasteiger partial charge in [-0.3, -0.25) is 0 Å². The Morgan fingerprint density at radius 1 is 0.316 bits per heavy atom. The molecule has 0 saturated heterocycles. The lowest BCUT2D eigenvalue weighted by Crippen LogP contribution is -2.25. The molecule has 1 heterocycles. The van der Waals surface area contributed by atoms with Crippen LogP contribution in [0.4, 0.5) is 17.1 Å². The zero-order valence-electron chi connectivity index (χ0n) is 30.9. The molecular formula is C55H33NO. The predicted octanol–water partition coefficient (Wildman–Crippen LogP) is 14.9. The second-order valence-electron chi connectivity index (χ2n) is 15.5. The van der Waals surface area contributed by atoms with Crippen LogP contribution in [-0.2, 0) is 5.41 Å². The molecule has 0 radical (unpaired) electrons. The lowest BCUT2D eigenvalue weighted by Gasteiger charge is -2.31. The van der Waals surface area contributed by atoms with Gasteiger partial charge in [0.15, 0.2) is 5.58 Å². The summed E-state index contributed by atoms with van der Waals surface area (Å²) in [6, 6.07) is 73.7. The molecule has 0 atom stereocenters. The number of furan rings is 1. The van der Waals surface area contributed by atoms with Gasteiger partial charge in [-0.15, -0.1) is 0 Å². The van der Waals surface area contributed by atoms with E-state index >= 15 is 0 Å². The van der Waals surface area contributed by atoms with Gasteiger partial charge in [-0.2, -0.15) is 0 Å². The fraction of sp³-hybridized carbons (Fsp3) is 0.0182. The van der Waals surface area contributed by atoms with E-state index < -0.39 is 5.41 Å². The quantitative estimate of drug-likeness (QED) is 0.169. The normalized spacial score (nSPS) is 13.4. The van der Waals surface area contributed by atoms with E-state index in [4.69, 9.17) is 4.42 Å². The van der Waals surface area contributed by atoms with Crippen LogP contribution in [-0.4, -0.2) is 0 Å². The van der Waals surface area contributed by atoms with Crippen LogP contribution in [0.3, 0.4) is 0 Å². The molecule has 0 fully saturated rings. The Hall–Kier alpha value is -7.42. The minimum absolute atomic E-state index is 0.399. The Morgan fingerprint density at radius 2 is 0.772 bits per heavy atom. The maximum atomic E-state index is 6.78. The number of hydrogen-bond donors (Lipinski definition) is 0. The van der Waals surface area contributed by atoms with Crippen molar-refractivity contribution < 1.29 is 4.42 Å². The van der Waals surface area contributed by atoms with Crippen LogP contribution in [0.15, 0.2) is 205 Å². The number of rotatable bonds is 3. The molecule has 264 valence electrons. The summed E-state index contributed by atoms with van der Waals surface area (Å²) in [5.74, 6) is 0. The van der Waals surface area contributed by atoms with Gasteiger partial charge in [0.05, 0.1) is 11.1 Å². The number of nitrogens with zero attached hydrogens (tertiary/aromatic N) is 1. The van der Waals surface area contributed by atoms with Gasteiger partial charge in [-0.1, -0.05) is 164 Å². The summed E-state index contributed by atoms with van der Waals surface area (Å²) in [6.07, 6.45) is 0. The molecule has 57 heavy (non-hydrogen) atoms. The molecule has 2 aliphatic carbocycles. The number of para-hydroxylation sites is 2. The predicted molar refractivity (Wildman–Crippen MR) is 237 cm³/mol. The van der Waals surface area contributed by atoms with Gasteiger partial charge < -0.3 is 9.32 Å². The van der Waals surface area contributed by atoms with Crippen LogP contribution >= 0.6 is 0 Å². The Bertz CT molecular complexity index is 3420. The summed E-state index contributed by atoms with van der Waals surface area (Å²) in [6.45, 7) is 0. The van der Waals surface area contributed by atoms with Crippen LogP contribution < -0.4 is 4.90 Å². The number of benzene rings is 10. The highest BCUT2D eigenvalue weighted by Crippen LogP contribution is 2.63. The minimum atomic E-state index is -0.399. The first kappa shape index (κ1) is 30.9. The molecule has 1 aromatic heterocycles. The Kier molecular flexibility index (Phi) is 6.13. The van der Waals surface area contributed by atoms with Crippen LogP contribution in [0.1, 0.15) is 22.3 Å². The molecule has 0 N–H and O–H groups in total. The summed E-state index contributed by atoms with van der Waals surface area (Å²) in [7, 11) is 0. The van der Waals surface area contributed by atoms with E-state index in [-0.39, 0.29) is 0 Å². The Morgan fingerprint density at radius 3 is 1.42 bits per heavy atom. The summed E-state index contributed by atoms with van der Waals surface area (Å²) in [5.41, 5.74) is 15.0. The Labute approximate surface area is 329 Å². The number of hydrogen-bond acceptors (Lipinski definition) is 2. The van der Waals surface area contributed by atoms with E-state index in [0.717, 1.165) is 39.0 Å². The monoisotopic (exact) mass is 723 g/mol. The van der Waals surface area contributed by atoms with Crippen molar-refractivity contribution in [3.05, 3.63) is 222 Å². The van der Waals surface area contributed by atoms with Crippen molar-refractivity contribution in [1.29, 1.82) is 0 Å². The van der Waals surface area contributed by atoms with Crippen molar-refractivity contribution in [2.24, 2.45) is 0 Å². The summed E-state index contributed by atoms with van der Waals surface area (Å²) in [5, 5.41) is 9.76. The maximum Gasteiger partial charge on any atom is 0.159 e. The highest BCUT2D eigenvalue weighted by molar-refractivity contribution is 6.26. The van der Waals surface area contributed by atoms with Crippen LogP contribution in [0, 0.1) is 0 Å². The van der Waals surface area contributed by atoms with Crippen molar-refractivity contribution in [2.75, 3.05) is 4.90 Å². The van der Waals surface area contributed by atoms with Gasteiger partial charge in [-0.05, 0) is 113 Å². The summed E-state index contributed by atoms with van der Waals surface area (Å²) < 4.78 is 6.78. The standard InChI is InChI=1S/C55H33NO/c1-2-16-38-36(14-1)37-15-3-4-17-39(37)46-32-34(28-30-40(38)46)56(52-26-13-22-45-44-21-8-12-27-53(44)57-54(45)52)35-29-31-51-47(33-35)43-20-7-11-25-50(43)55(51)48-23-9-5-18-41(48)42-19-6-10-24-49(42)55/h1-33H. The first-order valence-corrected chi connectivity index (χ1v) is 19.8. The average molecular weight is 724 g/mol. The molecule has 0 bridgehead atoms. The first-order valence-electron chi connectivity index (χ1n) is 19.8. The molecule has 0 saturated carbocycles. The Balaban J connectivity index is 1.11. The topological polar surface area (TPSA) is 16.4 Å². The molecule has 2 aliphatic rings. The van der Waals surface area contributed by atoms with E-state index in [0.29, 0.717) is 0 Å². The third kappa shape index (κ3) is 3.99. The fourth-order valence-corrected chi connectivity index (χ4v) is 10.6.